The SMILES string of the molecule is CC(CSCCN1C(=O)N(CCSCC(C)C(=O)OC2CCCCO2)C2C1N(CCSCC(C)C(=O)OC1CCCCO1)C(=O)N2CCSCC(C)C(=O)OC1CCCCO1)C(=O)OC1CCCCO1. The van der Waals surface area contributed by atoms with Gasteiger partial charge in [-0.25, -0.2) is 9.59 Å². The van der Waals surface area contributed by atoms with E-state index in [4.69, 9.17) is 37.9 Å². The van der Waals surface area contributed by atoms with Crippen LogP contribution in [-0.2, 0) is 57.1 Å². The number of esters is 4. The molecule has 0 aromatic rings. The van der Waals surface area contributed by atoms with Crippen LogP contribution in [0.3, 0.4) is 0 Å². The maximum Gasteiger partial charge on any atom is 0.323 e. The number of rotatable bonds is 28. The average molecular weight is 1060 g/mol. The number of urea groups is 2. The van der Waals surface area contributed by atoms with Crippen molar-refractivity contribution >= 4 is 83.0 Å². The Kier molecular flexibility index (Phi) is 24.5. The minimum Gasteiger partial charge on any atom is -0.436 e. The summed E-state index contributed by atoms with van der Waals surface area (Å²) in [7, 11) is 0. The van der Waals surface area contributed by atoms with Crippen molar-refractivity contribution in [1.82, 2.24) is 19.6 Å². The minimum atomic E-state index is -0.596. The normalized spacial score (nSPS) is 26.9. The Hall–Kier alpha value is -2.34. The van der Waals surface area contributed by atoms with Crippen LogP contribution in [0.2, 0.25) is 0 Å². The summed E-state index contributed by atoms with van der Waals surface area (Å²) in [6.07, 6.45) is 7.18. The zero-order chi connectivity index (χ0) is 49.8. The highest BCUT2D eigenvalue weighted by Crippen LogP contribution is 2.36. The molecule has 8 unspecified atom stereocenters. The lowest BCUT2D eigenvalue weighted by Crippen LogP contribution is -2.48. The van der Waals surface area contributed by atoms with Gasteiger partial charge in [-0.3, -0.25) is 38.8 Å². The number of fused-ring (bicyclic) bond motifs is 1. The lowest BCUT2D eigenvalue weighted by molar-refractivity contribution is -0.190. The quantitative estimate of drug-likeness (QED) is 0.0448. The molecule has 0 radical (unpaired) electrons. The molecular weight excluding hydrogens is 985 g/mol. The lowest BCUT2D eigenvalue weighted by atomic mass is 10.2. The van der Waals surface area contributed by atoms with E-state index in [1.165, 1.54) is 0 Å². The Bertz CT molecular complexity index is 1440. The highest BCUT2D eigenvalue weighted by Gasteiger charge is 2.58. The summed E-state index contributed by atoms with van der Waals surface area (Å²) in [5, 5.41) is 0. The standard InChI is InChI=1S/C48H78N4O14S4/c1-33(43(53)63-37-13-5-9-21-59-37)29-67-25-17-49-41-42(51(47(49)57)19-27-69-31-35(3)45(55)65-39-15-7-11-23-61-39)52(20-28-70-32-36(4)46(56)66-40-16-8-12-24-62-40)48(58)50(41)18-26-68-30-34(2)44(54)64-38-14-6-10-22-60-38/h33-42H,5-32H2,1-4H3. The van der Waals surface area contributed by atoms with E-state index < -0.39 is 37.5 Å². The van der Waals surface area contributed by atoms with Crippen molar-refractivity contribution in [2.45, 2.75) is 142 Å². The van der Waals surface area contributed by atoms with Gasteiger partial charge in [0.25, 0.3) is 0 Å². The Balaban J connectivity index is 1.10. The number of carbonyl (C=O) groups excluding carboxylic acids is 6. The number of hydrogen-bond acceptors (Lipinski definition) is 18. The van der Waals surface area contributed by atoms with E-state index in [0.29, 0.717) is 124 Å². The number of carbonyl (C=O) groups is 6. The van der Waals surface area contributed by atoms with Crippen LogP contribution >= 0.6 is 47.0 Å². The van der Waals surface area contributed by atoms with E-state index in [9.17, 15) is 28.8 Å². The van der Waals surface area contributed by atoms with Gasteiger partial charge in [-0.05, 0) is 51.4 Å². The van der Waals surface area contributed by atoms with E-state index in [0.717, 1.165) is 51.4 Å². The zero-order valence-electron chi connectivity index (χ0n) is 41.7. The molecule has 6 fully saturated rings. The van der Waals surface area contributed by atoms with Crippen molar-refractivity contribution in [1.29, 1.82) is 0 Å². The molecule has 0 aliphatic carbocycles. The number of hydrogen-bond donors (Lipinski definition) is 0. The van der Waals surface area contributed by atoms with Crippen LogP contribution in [0, 0.1) is 23.7 Å². The number of ether oxygens (including phenoxy) is 8. The molecular formula is C48H78N4O14S4. The van der Waals surface area contributed by atoms with Crippen LogP contribution in [0.5, 0.6) is 0 Å². The highest BCUT2D eigenvalue weighted by atomic mass is 32.2. The van der Waals surface area contributed by atoms with Crippen molar-refractivity contribution in [2.24, 2.45) is 23.7 Å². The van der Waals surface area contributed by atoms with E-state index in [-0.39, 0.29) is 59.6 Å². The third kappa shape index (κ3) is 17.4. The average Bonchev–Trinajstić information content (AvgIpc) is 3.79. The van der Waals surface area contributed by atoms with Gasteiger partial charge in [0, 0.05) is 97.9 Å². The Morgan fingerprint density at radius 3 is 0.857 bits per heavy atom. The number of nitrogens with zero attached hydrogens (tertiary/aromatic N) is 4. The molecule has 398 valence electrons. The van der Waals surface area contributed by atoms with Crippen LogP contribution in [0.1, 0.15) is 105 Å². The van der Waals surface area contributed by atoms with Crippen molar-refractivity contribution in [3.63, 3.8) is 0 Å². The molecule has 6 saturated heterocycles. The summed E-state index contributed by atoms with van der Waals surface area (Å²) >= 11 is 6.23. The largest absolute Gasteiger partial charge is 0.436 e. The molecule has 0 aromatic heterocycles. The van der Waals surface area contributed by atoms with Crippen LogP contribution in [-0.4, -0.2) is 192 Å². The summed E-state index contributed by atoms with van der Waals surface area (Å²) in [5.74, 6) is 1.32. The van der Waals surface area contributed by atoms with Gasteiger partial charge in [-0.1, -0.05) is 27.7 Å². The number of thioether (sulfide) groups is 4. The molecule has 4 amide bonds. The molecule has 6 rings (SSSR count). The predicted molar refractivity (Wildman–Crippen MR) is 270 cm³/mol. The van der Waals surface area contributed by atoms with Crippen LogP contribution < -0.4 is 0 Å². The lowest BCUT2D eigenvalue weighted by Gasteiger charge is -2.30. The molecule has 0 spiro atoms. The van der Waals surface area contributed by atoms with E-state index >= 15 is 0 Å². The molecule has 0 bridgehead atoms. The first-order valence-electron chi connectivity index (χ1n) is 25.6. The molecule has 8 atom stereocenters. The minimum absolute atomic E-state index is 0.189. The molecule has 6 heterocycles. The van der Waals surface area contributed by atoms with Gasteiger partial charge in [0.15, 0.2) is 0 Å². The van der Waals surface area contributed by atoms with Gasteiger partial charge in [0.05, 0.1) is 50.1 Å². The molecule has 0 aromatic carbocycles. The zero-order valence-corrected chi connectivity index (χ0v) is 45.0. The number of amides is 4. The van der Waals surface area contributed by atoms with E-state index in [1.54, 1.807) is 66.6 Å². The van der Waals surface area contributed by atoms with Crippen LogP contribution in [0.4, 0.5) is 9.59 Å². The molecule has 0 N–H and O–H groups in total. The van der Waals surface area contributed by atoms with Gasteiger partial charge < -0.3 is 37.9 Å². The van der Waals surface area contributed by atoms with Gasteiger partial charge in [0.2, 0.25) is 25.2 Å². The molecule has 6 aliphatic rings. The fraction of sp³-hybridized carbons (Fsp3) is 0.875. The smallest absolute Gasteiger partial charge is 0.323 e. The van der Waals surface area contributed by atoms with Gasteiger partial charge in [-0.2, -0.15) is 47.0 Å². The van der Waals surface area contributed by atoms with Gasteiger partial charge in [0.1, 0.15) is 12.3 Å². The predicted octanol–water partition coefficient (Wildman–Crippen LogP) is 6.87. The molecule has 22 heteroatoms. The van der Waals surface area contributed by atoms with Crippen molar-refractivity contribution < 1.29 is 66.7 Å². The fourth-order valence-corrected chi connectivity index (χ4v) is 12.8. The molecule has 70 heavy (non-hydrogen) atoms. The second-order valence-corrected chi connectivity index (χ2v) is 23.6. The van der Waals surface area contributed by atoms with Crippen LogP contribution in [0.15, 0.2) is 0 Å². The Morgan fingerprint density at radius 2 is 0.657 bits per heavy atom. The topological polar surface area (TPSA) is 189 Å². The third-order valence-corrected chi connectivity index (χ3v) is 17.9. The first kappa shape index (κ1) is 56.9. The first-order valence-corrected chi connectivity index (χ1v) is 30.3. The molecule has 6 aliphatic heterocycles. The second kappa shape index (κ2) is 30.1. The van der Waals surface area contributed by atoms with Crippen molar-refractivity contribution in [3.8, 4) is 0 Å². The van der Waals surface area contributed by atoms with Gasteiger partial charge >= 0.3 is 35.9 Å². The van der Waals surface area contributed by atoms with Crippen molar-refractivity contribution in [2.75, 3.05) is 98.6 Å². The maximum atomic E-state index is 14.7. The third-order valence-electron chi connectivity index (χ3n) is 13.1. The fourth-order valence-electron chi connectivity index (χ4n) is 8.84. The summed E-state index contributed by atoms with van der Waals surface area (Å²) < 4.78 is 45.0. The summed E-state index contributed by atoms with van der Waals surface area (Å²) in [6, 6.07) is -0.379. The van der Waals surface area contributed by atoms with Gasteiger partial charge in [-0.15, -0.1) is 0 Å². The van der Waals surface area contributed by atoms with Crippen LogP contribution in [0.25, 0.3) is 0 Å². The maximum absolute atomic E-state index is 14.7. The summed E-state index contributed by atoms with van der Waals surface area (Å²) in [5.41, 5.74) is 0. The summed E-state index contributed by atoms with van der Waals surface area (Å²) in [4.78, 5) is 88.3. The highest BCUT2D eigenvalue weighted by molar-refractivity contribution is 8.00. The Labute approximate surface area is 431 Å². The summed E-state index contributed by atoms with van der Waals surface area (Å²) in [6.45, 7) is 11.0. The van der Waals surface area contributed by atoms with E-state index in [1.807, 2.05) is 27.7 Å². The van der Waals surface area contributed by atoms with E-state index in [2.05, 4.69) is 0 Å². The first-order chi connectivity index (χ1) is 33.9. The van der Waals surface area contributed by atoms with Crippen molar-refractivity contribution in [3.05, 3.63) is 0 Å². The Morgan fingerprint density at radius 1 is 0.429 bits per heavy atom. The second-order valence-electron chi connectivity index (χ2n) is 19.0. The molecule has 18 nitrogen and oxygen atoms in total. The molecule has 0 saturated carbocycles. The monoisotopic (exact) mass is 1060 g/mol.